The van der Waals surface area contributed by atoms with Crippen LogP contribution < -0.4 is 5.32 Å². The van der Waals surface area contributed by atoms with E-state index in [1.54, 1.807) is 11.3 Å². The molecule has 1 aliphatic heterocycles. The van der Waals surface area contributed by atoms with Gasteiger partial charge in [0.1, 0.15) is 11.6 Å². The summed E-state index contributed by atoms with van der Waals surface area (Å²) in [5, 5.41) is 4.19. The average molecular weight is 366 g/mol. The third-order valence-corrected chi connectivity index (χ3v) is 5.36. The van der Waals surface area contributed by atoms with Crippen LogP contribution in [0.15, 0.2) is 36.8 Å². The molecule has 1 atom stereocenters. The molecule has 0 bridgehead atoms. The van der Waals surface area contributed by atoms with E-state index in [0.29, 0.717) is 6.04 Å². The van der Waals surface area contributed by atoms with Gasteiger partial charge in [0.25, 0.3) is 0 Å². The van der Waals surface area contributed by atoms with Crippen molar-refractivity contribution in [3.8, 4) is 0 Å². The van der Waals surface area contributed by atoms with Gasteiger partial charge < -0.3 is 5.32 Å². The molecule has 0 spiro atoms. The molecule has 3 aromatic heterocycles. The predicted octanol–water partition coefficient (Wildman–Crippen LogP) is 4.03. The number of nitrogens with one attached hydrogen (secondary N) is 1. The normalized spacial score (nSPS) is 17.5. The van der Waals surface area contributed by atoms with Gasteiger partial charge in [0.05, 0.1) is 11.7 Å². The number of thiazole rings is 1. The highest BCUT2D eigenvalue weighted by atomic mass is 32.1. The van der Waals surface area contributed by atoms with Crippen LogP contribution in [-0.2, 0) is 6.54 Å². The molecule has 0 radical (unpaired) electrons. The molecule has 6 nitrogen and oxygen atoms in total. The third-order valence-electron chi connectivity index (χ3n) is 4.53. The molecular weight excluding hydrogens is 344 g/mol. The van der Waals surface area contributed by atoms with E-state index in [1.807, 2.05) is 38.5 Å². The van der Waals surface area contributed by atoms with Gasteiger partial charge >= 0.3 is 0 Å². The van der Waals surface area contributed by atoms with Crippen LogP contribution >= 0.6 is 11.3 Å². The molecule has 0 aliphatic carbocycles. The molecule has 1 fully saturated rings. The van der Waals surface area contributed by atoms with Crippen LogP contribution in [0, 0.1) is 13.8 Å². The van der Waals surface area contributed by atoms with Gasteiger partial charge in [0, 0.05) is 36.1 Å². The zero-order valence-corrected chi connectivity index (χ0v) is 15.8. The number of aryl methyl sites for hydroxylation is 2. The van der Waals surface area contributed by atoms with Crippen LogP contribution in [0.2, 0.25) is 0 Å². The molecule has 1 unspecified atom stereocenters. The summed E-state index contributed by atoms with van der Waals surface area (Å²) in [4.78, 5) is 21.5. The summed E-state index contributed by atoms with van der Waals surface area (Å²) in [6.45, 7) is 5.98. The zero-order valence-electron chi connectivity index (χ0n) is 15.0. The quantitative estimate of drug-likeness (QED) is 0.735. The highest BCUT2D eigenvalue weighted by molar-refractivity contribution is 7.15. The Hall–Kier alpha value is -2.38. The van der Waals surface area contributed by atoms with Crippen molar-refractivity contribution in [3.63, 3.8) is 0 Å². The van der Waals surface area contributed by atoms with Gasteiger partial charge in [-0.2, -0.15) is 0 Å². The minimum Gasteiger partial charge on any atom is -0.316 e. The number of hydrogen-bond donors (Lipinski definition) is 1. The lowest BCUT2D eigenvalue weighted by atomic mass is 10.1. The summed E-state index contributed by atoms with van der Waals surface area (Å²) in [6, 6.07) is 6.50. The minimum absolute atomic E-state index is 0.315. The first-order valence-corrected chi connectivity index (χ1v) is 9.67. The molecule has 1 saturated heterocycles. The van der Waals surface area contributed by atoms with Crippen molar-refractivity contribution in [2.75, 3.05) is 11.9 Å². The van der Waals surface area contributed by atoms with E-state index in [1.165, 1.54) is 16.9 Å². The molecule has 4 heterocycles. The lowest BCUT2D eigenvalue weighted by Gasteiger charge is -2.24. The maximum Gasteiger partial charge on any atom is 0.188 e. The number of likely N-dealkylation sites (tertiary alicyclic amines) is 1. The van der Waals surface area contributed by atoms with Crippen LogP contribution in [-0.4, -0.2) is 31.4 Å². The summed E-state index contributed by atoms with van der Waals surface area (Å²) in [7, 11) is 0. The second kappa shape index (κ2) is 7.47. The Labute approximate surface area is 157 Å². The molecule has 1 aliphatic rings. The second-order valence-electron chi connectivity index (χ2n) is 6.62. The van der Waals surface area contributed by atoms with Crippen LogP contribution in [0.1, 0.15) is 40.8 Å². The van der Waals surface area contributed by atoms with Crippen molar-refractivity contribution >= 4 is 22.3 Å². The first-order chi connectivity index (χ1) is 12.7. The molecule has 0 saturated carbocycles. The van der Waals surface area contributed by atoms with E-state index in [-0.39, 0.29) is 0 Å². The van der Waals surface area contributed by atoms with Gasteiger partial charge in [-0.05, 0) is 44.9 Å². The summed E-state index contributed by atoms with van der Waals surface area (Å²) in [6.07, 6.45) is 7.93. The largest absolute Gasteiger partial charge is 0.316 e. The van der Waals surface area contributed by atoms with E-state index in [2.05, 4.69) is 37.3 Å². The molecular formula is C19H22N6S. The second-order valence-corrected chi connectivity index (χ2v) is 7.85. The minimum atomic E-state index is 0.315. The van der Waals surface area contributed by atoms with Crippen molar-refractivity contribution in [2.45, 2.75) is 39.3 Å². The molecule has 3 aromatic rings. The molecule has 1 N–H and O–H groups in total. The lowest BCUT2D eigenvalue weighted by Crippen LogP contribution is -2.24. The Morgan fingerprint density at radius 3 is 2.96 bits per heavy atom. The highest BCUT2D eigenvalue weighted by Crippen LogP contribution is 2.33. The number of aromatic nitrogens is 4. The molecule has 0 aromatic carbocycles. The maximum atomic E-state index is 4.73. The van der Waals surface area contributed by atoms with Gasteiger partial charge in [-0.1, -0.05) is 6.07 Å². The maximum absolute atomic E-state index is 4.73. The Bertz CT molecular complexity index is 879. The van der Waals surface area contributed by atoms with Crippen LogP contribution in [0.25, 0.3) is 0 Å². The molecule has 134 valence electrons. The van der Waals surface area contributed by atoms with Crippen molar-refractivity contribution in [1.82, 2.24) is 24.8 Å². The Kier molecular flexibility index (Phi) is 4.90. The van der Waals surface area contributed by atoms with Crippen LogP contribution in [0.5, 0.6) is 0 Å². The Morgan fingerprint density at radius 2 is 2.19 bits per heavy atom. The van der Waals surface area contributed by atoms with E-state index >= 15 is 0 Å². The number of pyridine rings is 1. The first-order valence-electron chi connectivity index (χ1n) is 8.85. The van der Waals surface area contributed by atoms with Crippen molar-refractivity contribution in [3.05, 3.63) is 58.7 Å². The van der Waals surface area contributed by atoms with Gasteiger partial charge in [-0.25, -0.2) is 15.0 Å². The smallest absolute Gasteiger partial charge is 0.188 e. The number of hydrogen-bond acceptors (Lipinski definition) is 7. The number of rotatable bonds is 5. The third kappa shape index (κ3) is 3.89. The molecule has 4 rings (SSSR count). The van der Waals surface area contributed by atoms with E-state index in [0.717, 1.165) is 42.0 Å². The predicted molar refractivity (Wildman–Crippen MR) is 104 cm³/mol. The van der Waals surface area contributed by atoms with Crippen LogP contribution in [0.3, 0.4) is 0 Å². The summed E-state index contributed by atoms with van der Waals surface area (Å²) in [5.74, 6) is 1.60. The monoisotopic (exact) mass is 366 g/mol. The fourth-order valence-corrected chi connectivity index (χ4v) is 4.10. The van der Waals surface area contributed by atoms with Crippen molar-refractivity contribution in [1.29, 1.82) is 0 Å². The standard InChI is InChI=1S/C19H22N6S/c1-13-10-21-19(26-13)24-18-9-16(22-14(2)23-18)17-6-4-8-25(17)12-15-5-3-7-20-11-15/h3,5,7,9-11,17H,4,6,8,12H2,1-2H3,(H,21,22,23,24). The summed E-state index contributed by atoms with van der Waals surface area (Å²) >= 11 is 1.63. The van der Waals surface area contributed by atoms with E-state index in [9.17, 15) is 0 Å². The Morgan fingerprint density at radius 1 is 1.27 bits per heavy atom. The van der Waals surface area contributed by atoms with Crippen LogP contribution in [0.4, 0.5) is 10.9 Å². The summed E-state index contributed by atoms with van der Waals surface area (Å²) in [5.41, 5.74) is 2.32. The number of anilines is 2. The zero-order chi connectivity index (χ0) is 17.9. The SMILES string of the molecule is Cc1nc(Nc2ncc(C)s2)cc(C2CCCN2Cc2cccnc2)n1. The fraction of sp³-hybridized carbons (Fsp3) is 0.368. The first kappa shape index (κ1) is 17.1. The van der Waals surface area contributed by atoms with E-state index in [4.69, 9.17) is 4.98 Å². The lowest BCUT2D eigenvalue weighted by molar-refractivity contribution is 0.244. The Balaban J connectivity index is 1.55. The van der Waals surface area contributed by atoms with Gasteiger partial charge in [-0.15, -0.1) is 11.3 Å². The molecule has 26 heavy (non-hydrogen) atoms. The summed E-state index contributed by atoms with van der Waals surface area (Å²) < 4.78 is 0. The number of nitrogens with zero attached hydrogens (tertiary/aromatic N) is 5. The van der Waals surface area contributed by atoms with Gasteiger partial charge in [0.2, 0.25) is 0 Å². The average Bonchev–Trinajstić information content (AvgIpc) is 3.24. The topological polar surface area (TPSA) is 66.8 Å². The van der Waals surface area contributed by atoms with Crippen molar-refractivity contribution < 1.29 is 0 Å². The molecule has 0 amide bonds. The van der Waals surface area contributed by atoms with E-state index < -0.39 is 0 Å². The fourth-order valence-electron chi connectivity index (χ4n) is 3.42. The molecule has 7 heteroatoms. The van der Waals surface area contributed by atoms with Crippen molar-refractivity contribution in [2.24, 2.45) is 0 Å². The van der Waals surface area contributed by atoms with Gasteiger partial charge in [0.15, 0.2) is 5.13 Å². The highest BCUT2D eigenvalue weighted by Gasteiger charge is 2.27. The van der Waals surface area contributed by atoms with Gasteiger partial charge in [-0.3, -0.25) is 9.88 Å².